The molecule has 4 heterocycles. The van der Waals surface area contributed by atoms with Gasteiger partial charge in [-0.3, -0.25) is 9.59 Å². The third-order valence-electron chi connectivity index (χ3n) is 10.9. The summed E-state index contributed by atoms with van der Waals surface area (Å²) in [5.74, 6) is 2.25. The molecule has 14 heteroatoms. The molecule has 0 radical (unpaired) electrons. The first-order chi connectivity index (χ1) is 28.3. The quantitative estimate of drug-likeness (QED) is 0.116. The van der Waals surface area contributed by atoms with E-state index in [1.165, 1.54) is 24.5 Å². The molecule has 0 spiro atoms. The molecule has 2 aliphatic heterocycles. The summed E-state index contributed by atoms with van der Waals surface area (Å²) in [4.78, 5) is 48.0. The van der Waals surface area contributed by atoms with Crippen LogP contribution < -0.4 is 29.8 Å². The van der Waals surface area contributed by atoms with E-state index < -0.39 is 22.8 Å². The van der Waals surface area contributed by atoms with E-state index in [1.807, 2.05) is 33.4 Å². The van der Waals surface area contributed by atoms with Crippen LogP contribution in [0.4, 0.5) is 0 Å². The minimum absolute atomic E-state index is 0.00330. The van der Waals surface area contributed by atoms with Crippen molar-refractivity contribution in [3.05, 3.63) is 91.5 Å². The van der Waals surface area contributed by atoms with Crippen molar-refractivity contribution in [2.75, 3.05) is 51.5 Å². The van der Waals surface area contributed by atoms with Crippen LogP contribution in [0.1, 0.15) is 98.3 Å². The van der Waals surface area contributed by atoms with Gasteiger partial charge in [-0.1, -0.05) is 41.5 Å². The molecule has 2 aromatic heterocycles. The Balaban J connectivity index is 0.000000228. The number of methoxy groups -OCH3 is 2. The van der Waals surface area contributed by atoms with Gasteiger partial charge in [-0.05, 0) is 95.9 Å². The van der Waals surface area contributed by atoms with Crippen molar-refractivity contribution < 1.29 is 38.7 Å². The first-order valence-electron chi connectivity index (χ1n) is 20.0. The Bertz CT molecular complexity index is 2170. The summed E-state index contributed by atoms with van der Waals surface area (Å²) < 4.78 is 27.0. The number of nitrogens with zero attached hydrogens (tertiary/aromatic N) is 2. The fourth-order valence-corrected chi connectivity index (χ4v) is 8.58. The zero-order chi connectivity index (χ0) is 44.1. The molecular weight excluding hydrogens is 805 g/mol. The number of benzene rings is 2. The van der Waals surface area contributed by atoms with Gasteiger partial charge in [0.1, 0.15) is 11.1 Å². The monoisotopic (exact) mass is 862 g/mol. The van der Waals surface area contributed by atoms with Crippen molar-refractivity contribution in [1.82, 2.24) is 9.13 Å². The first kappa shape index (κ1) is 46.2. The van der Waals surface area contributed by atoms with Crippen LogP contribution in [-0.2, 0) is 12.8 Å². The molecule has 0 amide bonds. The van der Waals surface area contributed by atoms with E-state index in [4.69, 9.17) is 18.9 Å². The zero-order valence-corrected chi connectivity index (χ0v) is 37.9. The van der Waals surface area contributed by atoms with Gasteiger partial charge in [-0.15, -0.1) is 0 Å². The Morgan fingerprint density at radius 2 is 1.00 bits per heavy atom. The van der Waals surface area contributed by atoms with Crippen molar-refractivity contribution in [1.29, 1.82) is 0 Å². The molecule has 6 rings (SSSR count). The van der Waals surface area contributed by atoms with E-state index in [-0.39, 0.29) is 34.0 Å². The van der Waals surface area contributed by atoms with Crippen LogP contribution >= 0.6 is 23.5 Å². The zero-order valence-electron chi connectivity index (χ0n) is 36.3. The van der Waals surface area contributed by atoms with Gasteiger partial charge >= 0.3 is 11.9 Å². The number of aromatic carboxylic acids is 2. The first-order valence-corrected chi connectivity index (χ1v) is 22.8. The van der Waals surface area contributed by atoms with E-state index in [0.29, 0.717) is 60.4 Å². The summed E-state index contributed by atoms with van der Waals surface area (Å²) in [6.07, 6.45) is 10.4. The average molecular weight is 863 g/mol. The summed E-state index contributed by atoms with van der Waals surface area (Å²) in [7, 11) is 3.19. The molecule has 324 valence electrons. The van der Waals surface area contributed by atoms with Crippen LogP contribution in [0.25, 0.3) is 22.5 Å². The molecule has 0 saturated heterocycles. The van der Waals surface area contributed by atoms with Crippen LogP contribution in [0.5, 0.6) is 23.0 Å². The number of hydrogen-bond acceptors (Lipinski definition) is 10. The number of thioether (sulfide) groups is 2. The van der Waals surface area contributed by atoms with E-state index in [9.17, 15) is 29.4 Å². The predicted octanol–water partition coefficient (Wildman–Crippen LogP) is 8.99. The van der Waals surface area contributed by atoms with Gasteiger partial charge in [0.05, 0.1) is 38.8 Å². The van der Waals surface area contributed by atoms with E-state index in [2.05, 4.69) is 54.1 Å². The lowest BCUT2D eigenvalue weighted by atomic mass is 9.78. The molecule has 0 fully saturated rings. The Morgan fingerprint density at radius 1 is 0.633 bits per heavy atom. The number of rotatable bonds is 14. The maximum Gasteiger partial charge on any atom is 0.341 e. The summed E-state index contributed by atoms with van der Waals surface area (Å²) in [5.41, 5.74) is 3.60. The van der Waals surface area contributed by atoms with Crippen LogP contribution in [0, 0.1) is 10.8 Å². The molecule has 2 aliphatic rings. The maximum absolute atomic E-state index is 12.5. The highest BCUT2D eigenvalue weighted by Crippen LogP contribution is 2.47. The largest absolute Gasteiger partial charge is 0.493 e. The Morgan fingerprint density at radius 3 is 1.30 bits per heavy atom. The summed E-state index contributed by atoms with van der Waals surface area (Å²) in [5, 5.41) is 18.9. The van der Waals surface area contributed by atoms with Crippen molar-refractivity contribution >= 4 is 35.5 Å². The second-order valence-electron chi connectivity index (χ2n) is 17.2. The predicted molar refractivity (Wildman–Crippen MR) is 241 cm³/mol. The molecule has 2 atom stereocenters. The average Bonchev–Trinajstić information content (AvgIpc) is 3.18. The molecule has 60 heavy (non-hydrogen) atoms. The fraction of sp³-hybridized carbons (Fsp3) is 0.478. The molecule has 0 aliphatic carbocycles. The maximum atomic E-state index is 12.5. The minimum atomic E-state index is -1.21. The highest BCUT2D eigenvalue weighted by molar-refractivity contribution is 7.98. The number of pyridine rings is 2. The van der Waals surface area contributed by atoms with Crippen molar-refractivity contribution in [2.24, 2.45) is 10.8 Å². The molecular formula is C46H58N2O10S2. The van der Waals surface area contributed by atoms with Crippen LogP contribution in [0.15, 0.2) is 58.4 Å². The molecule has 0 bridgehead atoms. The second kappa shape index (κ2) is 19.3. The van der Waals surface area contributed by atoms with Gasteiger partial charge in [0.25, 0.3) is 0 Å². The van der Waals surface area contributed by atoms with E-state index in [0.717, 1.165) is 46.6 Å². The third-order valence-corrected chi connectivity index (χ3v) is 12.3. The van der Waals surface area contributed by atoms with Crippen LogP contribution in [0.2, 0.25) is 0 Å². The molecule has 0 saturated carbocycles. The standard InChI is InChI=1S/2C23H29NO5S/c2*1-23(2,3)21-10-14-9-20(29-7-6-8-30-5)19(28-4)11-15(14)17-12-18(25)16(22(26)27)13-24(17)21/h2*9,11-13,21H,6-8,10H2,1-5H3,(H,26,27)/t2*21-/m10/s1. The van der Waals surface area contributed by atoms with Gasteiger partial charge in [0.15, 0.2) is 33.9 Å². The lowest BCUT2D eigenvalue weighted by Gasteiger charge is -2.39. The van der Waals surface area contributed by atoms with Crippen LogP contribution in [-0.4, -0.2) is 82.7 Å². The van der Waals surface area contributed by atoms with Crippen molar-refractivity contribution in [2.45, 2.75) is 79.3 Å². The highest BCUT2D eigenvalue weighted by atomic mass is 32.2. The fourth-order valence-electron chi connectivity index (χ4n) is 7.76. The van der Waals surface area contributed by atoms with Gasteiger partial charge in [0.2, 0.25) is 0 Å². The van der Waals surface area contributed by atoms with Gasteiger partial charge in [-0.25, -0.2) is 9.59 Å². The molecule has 12 nitrogen and oxygen atoms in total. The molecule has 4 aromatic rings. The number of fused-ring (bicyclic) bond motifs is 6. The Labute approximate surface area is 360 Å². The summed E-state index contributed by atoms with van der Waals surface area (Å²) in [6.45, 7) is 13.9. The molecule has 0 unspecified atom stereocenters. The topological polar surface area (TPSA) is 156 Å². The number of hydrogen-bond donors (Lipinski definition) is 2. The normalized spacial score (nSPS) is 15.3. The Kier molecular flexibility index (Phi) is 14.9. The SMILES string of the molecule is COc1cc2c(cc1OCCCSC)C[C@@H](C(C)(C)C)n1cc(C(=O)O)c(=O)cc1-2.COc1cc2c(cc1OCCCSC)C[C@H](C(C)(C)C)n1cc(C(=O)O)c(=O)cc1-2. The summed E-state index contributed by atoms with van der Waals surface area (Å²) in [6, 6.07) is 10.6. The van der Waals surface area contributed by atoms with E-state index in [1.54, 1.807) is 37.7 Å². The van der Waals surface area contributed by atoms with Gasteiger partial charge < -0.3 is 38.3 Å². The minimum Gasteiger partial charge on any atom is -0.493 e. The second-order valence-corrected chi connectivity index (χ2v) is 19.2. The van der Waals surface area contributed by atoms with E-state index >= 15 is 0 Å². The Hall–Kier alpha value is -4.82. The molecule has 2 N–H and O–H groups in total. The smallest absolute Gasteiger partial charge is 0.341 e. The molecule has 2 aromatic carbocycles. The number of ether oxygens (including phenoxy) is 4. The van der Waals surface area contributed by atoms with Crippen molar-refractivity contribution in [3.8, 4) is 45.5 Å². The number of carbonyl (C=O) groups is 2. The highest BCUT2D eigenvalue weighted by Gasteiger charge is 2.36. The van der Waals surface area contributed by atoms with Gasteiger partial charge in [0, 0.05) is 47.7 Å². The summed E-state index contributed by atoms with van der Waals surface area (Å²) >= 11 is 3.57. The third kappa shape index (κ3) is 10.2. The number of carboxylic acids is 2. The van der Waals surface area contributed by atoms with Gasteiger partial charge in [-0.2, -0.15) is 23.5 Å². The number of aromatic nitrogens is 2. The lowest BCUT2D eigenvalue weighted by molar-refractivity contribution is 0.0683. The lowest BCUT2D eigenvalue weighted by Crippen LogP contribution is -2.32. The number of carboxylic acid groups (broad SMARTS) is 2. The van der Waals surface area contributed by atoms with Crippen LogP contribution in [0.3, 0.4) is 0 Å². The van der Waals surface area contributed by atoms with Crippen molar-refractivity contribution in [3.63, 3.8) is 0 Å².